The number of hydrogen-bond donors (Lipinski definition) is 1. The maximum Gasteiger partial charge on any atom is 0.303 e. The van der Waals surface area contributed by atoms with Gasteiger partial charge in [-0.15, -0.1) is 0 Å². The molecule has 0 saturated carbocycles. The third-order valence-electron chi connectivity index (χ3n) is 7.13. The number of rotatable bonds is 9. The van der Waals surface area contributed by atoms with Crippen LogP contribution in [0.5, 0.6) is 0 Å². The van der Waals surface area contributed by atoms with E-state index in [1.54, 1.807) is 35.2 Å². The van der Waals surface area contributed by atoms with Gasteiger partial charge in [0.15, 0.2) is 29.3 Å². The highest BCUT2D eigenvalue weighted by atomic mass is 16.6. The highest BCUT2D eigenvalue weighted by molar-refractivity contribution is 6.06. The molecule has 1 saturated heterocycles. The van der Waals surface area contributed by atoms with E-state index in [0.29, 0.717) is 36.2 Å². The Morgan fingerprint density at radius 1 is 1.00 bits per heavy atom. The second kappa shape index (κ2) is 11.3. The second-order valence-corrected chi connectivity index (χ2v) is 9.44. The predicted octanol–water partition coefficient (Wildman–Crippen LogP) is 4.68. The van der Waals surface area contributed by atoms with Gasteiger partial charge in [0, 0.05) is 12.5 Å². The fourth-order valence-electron chi connectivity index (χ4n) is 5.08. The molecule has 0 spiro atoms. The number of ether oxygens (including phenoxy) is 3. The van der Waals surface area contributed by atoms with Crippen LogP contribution in [0.25, 0.3) is 11.2 Å². The molecular weight excluding hydrogens is 498 g/mol. The van der Waals surface area contributed by atoms with E-state index in [9.17, 15) is 9.59 Å². The number of fused-ring (bicyclic) bond motifs is 1. The molecule has 2 aromatic carbocycles. The zero-order valence-electron chi connectivity index (χ0n) is 22.1. The van der Waals surface area contributed by atoms with Crippen molar-refractivity contribution in [1.82, 2.24) is 19.5 Å². The van der Waals surface area contributed by atoms with E-state index < -0.39 is 30.0 Å². The Kier molecular flexibility index (Phi) is 7.67. The average Bonchev–Trinajstić information content (AvgIpc) is 3.52. The predicted molar refractivity (Wildman–Crippen MR) is 144 cm³/mol. The summed E-state index contributed by atoms with van der Waals surface area (Å²) in [6.45, 7) is 5.76. The number of amides is 1. The fraction of sp³-hybridized carbons (Fsp3) is 0.345. The van der Waals surface area contributed by atoms with Crippen molar-refractivity contribution in [2.24, 2.45) is 0 Å². The van der Waals surface area contributed by atoms with Crippen molar-refractivity contribution < 1.29 is 23.8 Å². The molecule has 1 amide bonds. The smallest absolute Gasteiger partial charge is 0.303 e. The Morgan fingerprint density at radius 3 is 2.36 bits per heavy atom. The lowest BCUT2D eigenvalue weighted by atomic mass is 9.89. The van der Waals surface area contributed by atoms with Crippen LogP contribution in [0.3, 0.4) is 0 Å². The number of nitrogens with one attached hydrogen (secondary N) is 1. The minimum absolute atomic E-state index is 0.267. The summed E-state index contributed by atoms with van der Waals surface area (Å²) in [7, 11) is 0. The molecule has 39 heavy (non-hydrogen) atoms. The SMILES string of the molecule is CCC1(CC)O[C@@H](n2cnc3c(NC(=O)c4ccccc4)ncnc32)[C@@H](OC(C)=O)C1OCc1ccccc1. The highest BCUT2D eigenvalue weighted by Crippen LogP contribution is 2.45. The topological polar surface area (TPSA) is 117 Å². The van der Waals surface area contributed by atoms with Crippen molar-refractivity contribution in [2.75, 3.05) is 5.32 Å². The van der Waals surface area contributed by atoms with Gasteiger partial charge in [-0.2, -0.15) is 0 Å². The van der Waals surface area contributed by atoms with Gasteiger partial charge in [0.25, 0.3) is 5.91 Å². The molecule has 4 aromatic rings. The van der Waals surface area contributed by atoms with E-state index in [2.05, 4.69) is 20.3 Å². The number of carbonyl (C=O) groups excluding carboxylic acids is 2. The van der Waals surface area contributed by atoms with E-state index in [1.165, 1.54) is 13.3 Å². The molecule has 5 rings (SSSR count). The van der Waals surface area contributed by atoms with Crippen LogP contribution < -0.4 is 5.32 Å². The van der Waals surface area contributed by atoms with Gasteiger partial charge in [0.1, 0.15) is 18.0 Å². The molecule has 0 aliphatic carbocycles. The summed E-state index contributed by atoms with van der Waals surface area (Å²) < 4.78 is 20.7. The minimum Gasteiger partial charge on any atom is -0.455 e. The lowest BCUT2D eigenvalue weighted by Gasteiger charge is -2.33. The van der Waals surface area contributed by atoms with Crippen LogP contribution in [-0.2, 0) is 25.6 Å². The first kappa shape index (κ1) is 26.5. The standard InChI is InChI=1S/C29H31N5O5/c1-4-29(5-2)24(37-16-20-12-8-6-9-13-20)23(38-19(3)35)28(39-29)34-18-32-22-25(30-17-31-26(22)34)33-27(36)21-14-10-7-11-15-21/h6-15,17-18,23-24,28H,4-5,16H2,1-3H3,(H,30,31,33,36)/t23-,24?,28+/m0/s1. The van der Waals surface area contributed by atoms with Crippen LogP contribution >= 0.6 is 0 Å². The van der Waals surface area contributed by atoms with Gasteiger partial charge in [-0.3, -0.25) is 14.2 Å². The van der Waals surface area contributed by atoms with Crippen molar-refractivity contribution in [2.45, 2.75) is 64.3 Å². The summed E-state index contributed by atoms with van der Waals surface area (Å²) in [4.78, 5) is 38.2. The van der Waals surface area contributed by atoms with Gasteiger partial charge in [-0.05, 0) is 30.5 Å². The third-order valence-corrected chi connectivity index (χ3v) is 7.13. The molecule has 0 bridgehead atoms. The summed E-state index contributed by atoms with van der Waals surface area (Å²) >= 11 is 0. The summed E-state index contributed by atoms with van der Waals surface area (Å²) in [5.74, 6) is -0.492. The second-order valence-electron chi connectivity index (χ2n) is 9.44. The van der Waals surface area contributed by atoms with Crippen molar-refractivity contribution in [3.05, 3.63) is 84.4 Å². The summed E-state index contributed by atoms with van der Waals surface area (Å²) in [6.07, 6.45) is 2.13. The molecule has 1 N–H and O–H groups in total. The number of anilines is 1. The molecule has 1 fully saturated rings. The van der Waals surface area contributed by atoms with Gasteiger partial charge in [-0.1, -0.05) is 62.4 Å². The normalized spacial score (nSPS) is 20.1. The van der Waals surface area contributed by atoms with E-state index in [0.717, 1.165) is 5.56 Å². The van der Waals surface area contributed by atoms with Crippen molar-refractivity contribution in [1.29, 1.82) is 0 Å². The molecule has 2 aromatic heterocycles. The Hall–Kier alpha value is -4.15. The number of nitrogens with zero attached hydrogens (tertiary/aromatic N) is 4. The van der Waals surface area contributed by atoms with Gasteiger partial charge in [0.05, 0.1) is 12.9 Å². The fourth-order valence-corrected chi connectivity index (χ4v) is 5.08. The van der Waals surface area contributed by atoms with E-state index in [1.807, 2.05) is 50.2 Å². The molecule has 1 unspecified atom stereocenters. The highest BCUT2D eigenvalue weighted by Gasteiger charge is 2.57. The van der Waals surface area contributed by atoms with E-state index >= 15 is 0 Å². The molecule has 10 nitrogen and oxygen atoms in total. The van der Waals surface area contributed by atoms with E-state index in [4.69, 9.17) is 14.2 Å². The van der Waals surface area contributed by atoms with Crippen LogP contribution in [0.1, 0.15) is 55.8 Å². The maximum absolute atomic E-state index is 12.8. The van der Waals surface area contributed by atoms with E-state index in [-0.39, 0.29) is 11.7 Å². The number of imidazole rings is 1. The van der Waals surface area contributed by atoms with Crippen LogP contribution in [0, 0.1) is 0 Å². The lowest BCUT2D eigenvalue weighted by Crippen LogP contribution is -2.45. The first-order valence-electron chi connectivity index (χ1n) is 13.0. The number of aromatic nitrogens is 4. The first-order chi connectivity index (χ1) is 19.0. The van der Waals surface area contributed by atoms with Gasteiger partial charge < -0.3 is 19.5 Å². The largest absolute Gasteiger partial charge is 0.455 e. The summed E-state index contributed by atoms with van der Waals surface area (Å²) in [5.41, 5.74) is 1.60. The molecule has 3 atom stereocenters. The van der Waals surface area contributed by atoms with Crippen LogP contribution in [0.4, 0.5) is 5.82 Å². The van der Waals surface area contributed by atoms with Crippen molar-refractivity contribution in [3.63, 3.8) is 0 Å². The number of hydrogen-bond acceptors (Lipinski definition) is 8. The van der Waals surface area contributed by atoms with Crippen LogP contribution in [0.15, 0.2) is 73.3 Å². The Bertz CT molecular complexity index is 1440. The number of esters is 1. The molecule has 1 aliphatic rings. The maximum atomic E-state index is 12.8. The molecule has 1 aliphatic heterocycles. The monoisotopic (exact) mass is 529 g/mol. The van der Waals surface area contributed by atoms with Gasteiger partial charge in [0.2, 0.25) is 0 Å². The van der Waals surface area contributed by atoms with Gasteiger partial charge >= 0.3 is 5.97 Å². The first-order valence-corrected chi connectivity index (χ1v) is 13.0. The van der Waals surface area contributed by atoms with Crippen molar-refractivity contribution >= 4 is 28.9 Å². The number of carbonyl (C=O) groups is 2. The quantitative estimate of drug-likeness (QED) is 0.311. The minimum atomic E-state index is -0.763. The molecule has 202 valence electrons. The molecular formula is C29H31N5O5. The number of benzene rings is 2. The zero-order chi connectivity index (χ0) is 27.4. The van der Waals surface area contributed by atoms with Crippen LogP contribution in [0.2, 0.25) is 0 Å². The van der Waals surface area contributed by atoms with Crippen LogP contribution in [-0.4, -0.2) is 49.2 Å². The van der Waals surface area contributed by atoms with Crippen molar-refractivity contribution in [3.8, 4) is 0 Å². The third kappa shape index (κ3) is 5.25. The Balaban J connectivity index is 1.49. The Morgan fingerprint density at radius 2 is 1.69 bits per heavy atom. The van der Waals surface area contributed by atoms with Gasteiger partial charge in [-0.25, -0.2) is 15.0 Å². The Labute approximate surface area is 226 Å². The zero-order valence-corrected chi connectivity index (χ0v) is 22.1. The lowest BCUT2D eigenvalue weighted by molar-refractivity contribution is -0.158. The molecule has 10 heteroatoms. The molecule has 3 heterocycles. The summed E-state index contributed by atoms with van der Waals surface area (Å²) in [5, 5.41) is 2.82. The average molecular weight is 530 g/mol. The molecule has 0 radical (unpaired) electrons. The summed E-state index contributed by atoms with van der Waals surface area (Å²) in [6, 6.07) is 18.7.